The molecule has 0 amide bonds. The Bertz CT molecular complexity index is 525. The van der Waals surface area contributed by atoms with Gasteiger partial charge in [0.15, 0.2) is 0 Å². The van der Waals surface area contributed by atoms with Crippen molar-refractivity contribution < 1.29 is 4.74 Å². The summed E-state index contributed by atoms with van der Waals surface area (Å²) < 4.78 is 5.70. The van der Waals surface area contributed by atoms with E-state index < -0.39 is 0 Å². The highest BCUT2D eigenvalue weighted by atomic mass is 16.5. The van der Waals surface area contributed by atoms with E-state index in [1.54, 1.807) is 6.20 Å². The van der Waals surface area contributed by atoms with Crippen LogP contribution >= 0.6 is 0 Å². The second kappa shape index (κ2) is 5.44. The van der Waals surface area contributed by atoms with Crippen molar-refractivity contribution >= 4 is 5.82 Å². The SMILES string of the molecule is CCNc1ncnc(Oc2ccc(C)nc2)c1C. The van der Waals surface area contributed by atoms with Crippen LogP contribution in [0.3, 0.4) is 0 Å². The molecule has 2 aromatic rings. The van der Waals surface area contributed by atoms with Crippen molar-refractivity contribution in [3.8, 4) is 11.6 Å². The molecule has 0 radical (unpaired) electrons. The minimum Gasteiger partial charge on any atom is -0.437 e. The number of aryl methyl sites for hydroxylation is 1. The first kappa shape index (κ1) is 12.3. The largest absolute Gasteiger partial charge is 0.437 e. The van der Waals surface area contributed by atoms with Crippen LogP contribution in [0.1, 0.15) is 18.2 Å². The molecule has 2 rings (SSSR count). The molecule has 0 aliphatic rings. The van der Waals surface area contributed by atoms with Gasteiger partial charge >= 0.3 is 0 Å². The van der Waals surface area contributed by atoms with Gasteiger partial charge in [-0.15, -0.1) is 0 Å². The molecule has 5 heteroatoms. The fourth-order valence-electron chi connectivity index (χ4n) is 1.51. The third-order valence-electron chi connectivity index (χ3n) is 2.48. The predicted molar refractivity (Wildman–Crippen MR) is 70.0 cm³/mol. The molecule has 0 aliphatic carbocycles. The number of nitrogens with zero attached hydrogens (tertiary/aromatic N) is 3. The van der Waals surface area contributed by atoms with Crippen LogP contribution in [0.2, 0.25) is 0 Å². The van der Waals surface area contributed by atoms with Gasteiger partial charge in [-0.3, -0.25) is 4.98 Å². The first-order chi connectivity index (χ1) is 8.70. The number of hydrogen-bond donors (Lipinski definition) is 1. The summed E-state index contributed by atoms with van der Waals surface area (Å²) in [7, 11) is 0. The lowest BCUT2D eigenvalue weighted by molar-refractivity contribution is 0.455. The summed E-state index contributed by atoms with van der Waals surface area (Å²) in [5.41, 5.74) is 1.84. The average molecular weight is 244 g/mol. The first-order valence-corrected chi connectivity index (χ1v) is 5.86. The van der Waals surface area contributed by atoms with Crippen LogP contribution in [0.25, 0.3) is 0 Å². The molecule has 0 aromatic carbocycles. The number of aromatic nitrogens is 3. The topological polar surface area (TPSA) is 59.9 Å². The smallest absolute Gasteiger partial charge is 0.227 e. The minimum atomic E-state index is 0.548. The van der Waals surface area contributed by atoms with E-state index in [0.29, 0.717) is 11.6 Å². The molecular weight excluding hydrogens is 228 g/mol. The van der Waals surface area contributed by atoms with Gasteiger partial charge in [-0.05, 0) is 32.9 Å². The van der Waals surface area contributed by atoms with E-state index in [1.165, 1.54) is 6.33 Å². The molecular formula is C13H16N4O. The second-order valence-corrected chi connectivity index (χ2v) is 3.92. The minimum absolute atomic E-state index is 0.548. The molecule has 2 heterocycles. The highest BCUT2D eigenvalue weighted by Gasteiger charge is 2.08. The Morgan fingerprint density at radius 3 is 2.67 bits per heavy atom. The number of pyridine rings is 1. The zero-order chi connectivity index (χ0) is 13.0. The Morgan fingerprint density at radius 1 is 1.17 bits per heavy atom. The highest BCUT2D eigenvalue weighted by molar-refractivity contribution is 5.48. The summed E-state index contributed by atoms with van der Waals surface area (Å²) in [6, 6.07) is 3.77. The molecule has 0 atom stereocenters. The second-order valence-electron chi connectivity index (χ2n) is 3.92. The van der Waals surface area contributed by atoms with Crippen molar-refractivity contribution in [1.82, 2.24) is 15.0 Å². The van der Waals surface area contributed by atoms with E-state index in [4.69, 9.17) is 4.74 Å². The van der Waals surface area contributed by atoms with Gasteiger partial charge in [0.25, 0.3) is 0 Å². The van der Waals surface area contributed by atoms with Gasteiger partial charge < -0.3 is 10.1 Å². The molecule has 5 nitrogen and oxygen atoms in total. The van der Waals surface area contributed by atoms with Gasteiger partial charge in [-0.25, -0.2) is 9.97 Å². The Labute approximate surface area is 106 Å². The number of anilines is 1. The average Bonchev–Trinajstić information content (AvgIpc) is 2.37. The van der Waals surface area contributed by atoms with E-state index in [0.717, 1.165) is 23.6 Å². The molecule has 0 bridgehead atoms. The molecule has 0 unspecified atom stereocenters. The maximum absolute atomic E-state index is 5.70. The van der Waals surface area contributed by atoms with Crippen LogP contribution in [0.4, 0.5) is 5.82 Å². The molecule has 1 N–H and O–H groups in total. The van der Waals surface area contributed by atoms with Crippen LogP contribution < -0.4 is 10.1 Å². The van der Waals surface area contributed by atoms with Crippen LogP contribution in [0.5, 0.6) is 11.6 Å². The summed E-state index contributed by atoms with van der Waals surface area (Å²) in [5, 5.41) is 3.16. The van der Waals surface area contributed by atoms with Crippen LogP contribution in [-0.4, -0.2) is 21.5 Å². The molecule has 0 fully saturated rings. The van der Waals surface area contributed by atoms with Crippen LogP contribution in [-0.2, 0) is 0 Å². The van der Waals surface area contributed by atoms with Crippen LogP contribution in [0, 0.1) is 13.8 Å². The van der Waals surface area contributed by atoms with E-state index >= 15 is 0 Å². The molecule has 0 spiro atoms. The van der Waals surface area contributed by atoms with Crippen molar-refractivity contribution in [1.29, 1.82) is 0 Å². The van der Waals surface area contributed by atoms with Gasteiger partial charge in [0.2, 0.25) is 5.88 Å². The number of hydrogen-bond acceptors (Lipinski definition) is 5. The van der Waals surface area contributed by atoms with Gasteiger partial charge in [0, 0.05) is 12.2 Å². The fourth-order valence-corrected chi connectivity index (χ4v) is 1.51. The molecule has 94 valence electrons. The van der Waals surface area contributed by atoms with Crippen molar-refractivity contribution in [3.63, 3.8) is 0 Å². The predicted octanol–water partition coefficient (Wildman–Crippen LogP) is 2.71. The first-order valence-electron chi connectivity index (χ1n) is 5.86. The zero-order valence-electron chi connectivity index (χ0n) is 10.8. The van der Waals surface area contributed by atoms with E-state index in [9.17, 15) is 0 Å². The zero-order valence-corrected chi connectivity index (χ0v) is 10.8. The molecule has 2 aromatic heterocycles. The van der Waals surface area contributed by atoms with Crippen molar-refractivity contribution in [3.05, 3.63) is 35.9 Å². The fraction of sp³-hybridized carbons (Fsp3) is 0.308. The maximum Gasteiger partial charge on any atom is 0.227 e. The quantitative estimate of drug-likeness (QED) is 0.896. The van der Waals surface area contributed by atoms with Crippen molar-refractivity contribution in [2.24, 2.45) is 0 Å². The van der Waals surface area contributed by atoms with Gasteiger partial charge in [0.05, 0.1) is 11.8 Å². The van der Waals surface area contributed by atoms with E-state index in [1.807, 2.05) is 32.9 Å². The van der Waals surface area contributed by atoms with E-state index in [-0.39, 0.29) is 0 Å². The van der Waals surface area contributed by atoms with Crippen LogP contribution in [0.15, 0.2) is 24.7 Å². The van der Waals surface area contributed by atoms with Gasteiger partial charge in [0.1, 0.15) is 17.9 Å². The Kier molecular flexibility index (Phi) is 3.72. The lowest BCUT2D eigenvalue weighted by Gasteiger charge is -2.10. The molecule has 0 aliphatic heterocycles. The third-order valence-corrected chi connectivity index (χ3v) is 2.48. The number of rotatable bonds is 4. The Hall–Kier alpha value is -2.17. The number of ether oxygens (including phenoxy) is 1. The summed E-state index contributed by atoms with van der Waals surface area (Å²) >= 11 is 0. The maximum atomic E-state index is 5.70. The summed E-state index contributed by atoms with van der Waals surface area (Å²) in [6.07, 6.45) is 3.17. The standard InChI is InChI=1S/C13H16N4O/c1-4-14-12-10(3)13(17-8-16-12)18-11-6-5-9(2)15-7-11/h5-8H,4H2,1-3H3,(H,14,16,17). The van der Waals surface area contributed by atoms with Gasteiger partial charge in [-0.1, -0.05) is 0 Å². The monoisotopic (exact) mass is 244 g/mol. The lowest BCUT2D eigenvalue weighted by atomic mass is 10.3. The Balaban J connectivity index is 2.23. The van der Waals surface area contributed by atoms with Gasteiger partial charge in [-0.2, -0.15) is 0 Å². The third kappa shape index (κ3) is 2.74. The number of nitrogens with one attached hydrogen (secondary N) is 1. The molecule has 0 saturated carbocycles. The molecule has 0 saturated heterocycles. The molecule has 18 heavy (non-hydrogen) atoms. The van der Waals surface area contributed by atoms with Crippen molar-refractivity contribution in [2.45, 2.75) is 20.8 Å². The van der Waals surface area contributed by atoms with Crippen molar-refractivity contribution in [2.75, 3.05) is 11.9 Å². The lowest BCUT2D eigenvalue weighted by Crippen LogP contribution is -2.03. The summed E-state index contributed by atoms with van der Waals surface area (Å²) in [4.78, 5) is 12.5. The highest BCUT2D eigenvalue weighted by Crippen LogP contribution is 2.25. The van der Waals surface area contributed by atoms with E-state index in [2.05, 4.69) is 20.3 Å². The summed E-state index contributed by atoms with van der Waals surface area (Å²) in [6.45, 7) is 6.69. The Morgan fingerprint density at radius 2 is 2.00 bits per heavy atom. The normalized spacial score (nSPS) is 10.2. The summed E-state index contributed by atoms with van der Waals surface area (Å²) in [5.74, 6) is 2.01.